The molecule has 0 aliphatic carbocycles. The van der Waals surface area contributed by atoms with Crippen LogP contribution in [-0.4, -0.2) is 32.2 Å². The van der Waals surface area contributed by atoms with Crippen molar-refractivity contribution in [2.45, 2.75) is 0 Å². The van der Waals surface area contributed by atoms with Gasteiger partial charge in [0.1, 0.15) is 0 Å². The largest absolute Gasteiger partial charge is 0.378 e. The Morgan fingerprint density at radius 2 is 1.74 bits per heavy atom. The standard InChI is InChI=1S/C17H16Br2N2O2/c18-13-3-1-12(2-4-13)17(22)20-14-5-6-16(15(19)11-14)21-7-9-23-10-8-21/h1-6,11H,7-10H2,(H,20,22). The van der Waals surface area contributed by atoms with Gasteiger partial charge in [0.15, 0.2) is 0 Å². The molecule has 1 heterocycles. The number of hydrogen-bond acceptors (Lipinski definition) is 3. The van der Waals surface area contributed by atoms with Crippen LogP contribution in [0.3, 0.4) is 0 Å². The van der Waals surface area contributed by atoms with Gasteiger partial charge in [0.05, 0.1) is 18.9 Å². The predicted molar refractivity (Wildman–Crippen MR) is 99.3 cm³/mol. The van der Waals surface area contributed by atoms with Crippen molar-refractivity contribution in [1.29, 1.82) is 0 Å². The van der Waals surface area contributed by atoms with Crippen LogP contribution in [0.4, 0.5) is 11.4 Å². The molecular weight excluding hydrogens is 424 g/mol. The summed E-state index contributed by atoms with van der Waals surface area (Å²) in [6.45, 7) is 3.25. The van der Waals surface area contributed by atoms with E-state index in [4.69, 9.17) is 4.74 Å². The molecule has 0 atom stereocenters. The molecule has 1 saturated heterocycles. The number of ether oxygens (including phenoxy) is 1. The highest BCUT2D eigenvalue weighted by Crippen LogP contribution is 2.30. The van der Waals surface area contributed by atoms with Crippen LogP contribution in [0, 0.1) is 0 Å². The van der Waals surface area contributed by atoms with Crippen LogP contribution in [0.25, 0.3) is 0 Å². The second-order valence-electron chi connectivity index (χ2n) is 5.23. The van der Waals surface area contributed by atoms with E-state index >= 15 is 0 Å². The lowest BCUT2D eigenvalue weighted by Gasteiger charge is -2.29. The molecule has 4 nitrogen and oxygen atoms in total. The average Bonchev–Trinajstić information content (AvgIpc) is 2.56. The van der Waals surface area contributed by atoms with Crippen molar-refractivity contribution in [2.75, 3.05) is 36.5 Å². The zero-order chi connectivity index (χ0) is 16.2. The molecule has 0 saturated carbocycles. The molecule has 1 aliphatic rings. The zero-order valence-corrected chi connectivity index (χ0v) is 15.6. The third-order valence-electron chi connectivity index (χ3n) is 3.66. The van der Waals surface area contributed by atoms with Gasteiger partial charge in [-0.3, -0.25) is 4.79 Å². The number of nitrogens with zero attached hydrogens (tertiary/aromatic N) is 1. The molecular formula is C17H16Br2N2O2. The van der Waals surface area contributed by atoms with E-state index < -0.39 is 0 Å². The Labute approximate surface area is 152 Å². The van der Waals surface area contributed by atoms with Gasteiger partial charge in [0, 0.05) is 33.3 Å². The minimum absolute atomic E-state index is 0.122. The second-order valence-corrected chi connectivity index (χ2v) is 7.00. The molecule has 1 amide bonds. The lowest BCUT2D eigenvalue weighted by atomic mass is 10.2. The van der Waals surface area contributed by atoms with E-state index in [1.807, 2.05) is 30.3 Å². The van der Waals surface area contributed by atoms with Gasteiger partial charge < -0.3 is 15.0 Å². The number of benzene rings is 2. The van der Waals surface area contributed by atoms with E-state index in [1.165, 1.54) is 0 Å². The van der Waals surface area contributed by atoms with Crippen molar-refractivity contribution in [3.8, 4) is 0 Å². The minimum atomic E-state index is -0.122. The number of nitrogens with one attached hydrogen (secondary N) is 1. The second kappa shape index (κ2) is 7.47. The maximum Gasteiger partial charge on any atom is 0.255 e. The number of halogens is 2. The number of morpholine rings is 1. The smallest absolute Gasteiger partial charge is 0.255 e. The van der Waals surface area contributed by atoms with E-state index in [0.29, 0.717) is 5.56 Å². The predicted octanol–water partition coefficient (Wildman–Crippen LogP) is 4.30. The summed E-state index contributed by atoms with van der Waals surface area (Å²) in [5.41, 5.74) is 2.51. The number of carbonyl (C=O) groups excluding carboxylic acids is 1. The first-order chi connectivity index (χ1) is 11.1. The zero-order valence-electron chi connectivity index (χ0n) is 12.4. The van der Waals surface area contributed by atoms with Gasteiger partial charge in [-0.05, 0) is 58.4 Å². The van der Waals surface area contributed by atoms with Crippen molar-refractivity contribution < 1.29 is 9.53 Å². The number of carbonyl (C=O) groups is 1. The molecule has 1 N–H and O–H groups in total. The number of amides is 1. The van der Waals surface area contributed by atoms with Gasteiger partial charge >= 0.3 is 0 Å². The van der Waals surface area contributed by atoms with E-state index in [0.717, 1.165) is 46.6 Å². The van der Waals surface area contributed by atoms with Crippen LogP contribution in [0.15, 0.2) is 51.4 Å². The Balaban J connectivity index is 1.72. The van der Waals surface area contributed by atoms with Crippen molar-refractivity contribution in [1.82, 2.24) is 0 Å². The third kappa shape index (κ3) is 4.13. The topological polar surface area (TPSA) is 41.6 Å². The fourth-order valence-electron chi connectivity index (χ4n) is 2.45. The number of hydrogen-bond donors (Lipinski definition) is 1. The van der Waals surface area contributed by atoms with Crippen LogP contribution in [0.5, 0.6) is 0 Å². The summed E-state index contributed by atoms with van der Waals surface area (Å²) < 4.78 is 7.29. The van der Waals surface area contributed by atoms with E-state index in [-0.39, 0.29) is 5.91 Å². The third-order valence-corrected chi connectivity index (χ3v) is 4.83. The van der Waals surface area contributed by atoms with Gasteiger partial charge in [-0.15, -0.1) is 0 Å². The molecule has 0 radical (unpaired) electrons. The minimum Gasteiger partial charge on any atom is -0.378 e. The quantitative estimate of drug-likeness (QED) is 0.775. The lowest BCUT2D eigenvalue weighted by Crippen LogP contribution is -2.36. The first-order valence-electron chi connectivity index (χ1n) is 7.32. The first-order valence-corrected chi connectivity index (χ1v) is 8.91. The van der Waals surface area contributed by atoms with Crippen molar-refractivity contribution >= 4 is 49.1 Å². The normalized spacial score (nSPS) is 14.6. The van der Waals surface area contributed by atoms with Crippen LogP contribution < -0.4 is 10.2 Å². The van der Waals surface area contributed by atoms with Gasteiger partial charge in [0.2, 0.25) is 0 Å². The molecule has 2 aromatic rings. The Morgan fingerprint density at radius 3 is 2.39 bits per heavy atom. The summed E-state index contributed by atoms with van der Waals surface area (Å²) in [6, 6.07) is 13.2. The summed E-state index contributed by atoms with van der Waals surface area (Å²) in [6.07, 6.45) is 0. The highest BCUT2D eigenvalue weighted by molar-refractivity contribution is 9.10. The van der Waals surface area contributed by atoms with Gasteiger partial charge in [0.25, 0.3) is 5.91 Å². The maximum absolute atomic E-state index is 12.3. The van der Waals surface area contributed by atoms with E-state index in [9.17, 15) is 4.79 Å². The number of rotatable bonds is 3. The van der Waals surface area contributed by atoms with Gasteiger partial charge in [-0.1, -0.05) is 15.9 Å². The molecule has 0 aromatic heterocycles. The molecule has 6 heteroatoms. The van der Waals surface area contributed by atoms with Crippen LogP contribution in [0.1, 0.15) is 10.4 Å². The Kier molecular flexibility index (Phi) is 5.35. The molecule has 1 aliphatic heterocycles. The molecule has 120 valence electrons. The fourth-order valence-corrected chi connectivity index (χ4v) is 3.34. The van der Waals surface area contributed by atoms with Crippen LogP contribution in [-0.2, 0) is 4.74 Å². The van der Waals surface area contributed by atoms with Crippen molar-refractivity contribution in [3.05, 3.63) is 57.0 Å². The van der Waals surface area contributed by atoms with Gasteiger partial charge in [-0.25, -0.2) is 0 Å². The number of anilines is 2. The molecule has 0 spiro atoms. The molecule has 1 fully saturated rings. The monoisotopic (exact) mass is 438 g/mol. The SMILES string of the molecule is O=C(Nc1ccc(N2CCOCC2)c(Br)c1)c1ccc(Br)cc1. The first kappa shape index (κ1) is 16.5. The maximum atomic E-state index is 12.3. The summed E-state index contributed by atoms with van der Waals surface area (Å²) >= 11 is 6.96. The van der Waals surface area contributed by atoms with Crippen molar-refractivity contribution in [3.63, 3.8) is 0 Å². The molecule has 3 rings (SSSR count). The molecule has 0 bridgehead atoms. The molecule has 0 unspecified atom stereocenters. The Hall–Kier alpha value is -1.37. The van der Waals surface area contributed by atoms with Crippen LogP contribution >= 0.6 is 31.9 Å². The summed E-state index contributed by atoms with van der Waals surface area (Å²) in [5, 5.41) is 2.92. The Bertz CT molecular complexity index is 698. The summed E-state index contributed by atoms with van der Waals surface area (Å²) in [5.74, 6) is -0.122. The van der Waals surface area contributed by atoms with E-state index in [1.54, 1.807) is 12.1 Å². The summed E-state index contributed by atoms with van der Waals surface area (Å²) in [4.78, 5) is 14.5. The fraction of sp³-hybridized carbons (Fsp3) is 0.235. The molecule has 23 heavy (non-hydrogen) atoms. The van der Waals surface area contributed by atoms with Gasteiger partial charge in [-0.2, -0.15) is 0 Å². The summed E-state index contributed by atoms with van der Waals surface area (Å²) in [7, 11) is 0. The molecule has 2 aromatic carbocycles. The lowest BCUT2D eigenvalue weighted by molar-refractivity contribution is 0.102. The highest BCUT2D eigenvalue weighted by atomic mass is 79.9. The van der Waals surface area contributed by atoms with Crippen molar-refractivity contribution in [2.24, 2.45) is 0 Å². The highest BCUT2D eigenvalue weighted by Gasteiger charge is 2.14. The Morgan fingerprint density at radius 1 is 1.04 bits per heavy atom. The van der Waals surface area contributed by atoms with Crippen LogP contribution in [0.2, 0.25) is 0 Å². The average molecular weight is 440 g/mol. The van der Waals surface area contributed by atoms with E-state index in [2.05, 4.69) is 42.1 Å².